The summed E-state index contributed by atoms with van der Waals surface area (Å²) in [5.41, 5.74) is 4.88. The van der Waals surface area contributed by atoms with Crippen molar-refractivity contribution in [1.29, 1.82) is 0 Å². The molecule has 0 aliphatic carbocycles. The van der Waals surface area contributed by atoms with Crippen molar-refractivity contribution in [1.82, 2.24) is 0 Å². The van der Waals surface area contributed by atoms with Gasteiger partial charge in [-0.3, -0.25) is 4.55 Å². The number of carbonyl (C=O) groups excluding carboxylic acids is 1. The molecule has 3 N–H and O–H groups in total. The Morgan fingerprint density at radius 1 is 1.58 bits per heavy atom. The van der Waals surface area contributed by atoms with Crippen LogP contribution in [0.15, 0.2) is 0 Å². The quantitative estimate of drug-likeness (QED) is 0.348. The van der Waals surface area contributed by atoms with E-state index in [1.165, 1.54) is 0 Å². The molecule has 0 aliphatic rings. The van der Waals surface area contributed by atoms with Gasteiger partial charge in [-0.25, -0.2) is 0 Å². The summed E-state index contributed by atoms with van der Waals surface area (Å²) in [4.78, 5) is 9.87. The van der Waals surface area contributed by atoms with E-state index < -0.39 is 34.3 Å². The first-order valence-electron chi connectivity index (χ1n) is 2.74. The molecule has 0 aromatic carbocycles. The first-order valence-corrected chi connectivity index (χ1v) is 4.24. The Balaban J connectivity index is 0. The minimum atomic E-state index is -4.36. The summed E-state index contributed by atoms with van der Waals surface area (Å²) < 4.78 is 28.9. The third-order valence-corrected chi connectivity index (χ3v) is 2.28. The van der Waals surface area contributed by atoms with Crippen molar-refractivity contribution < 1.29 is 52.4 Å². The van der Waals surface area contributed by atoms with Crippen molar-refractivity contribution in [2.75, 3.05) is 6.54 Å². The van der Waals surface area contributed by atoms with Gasteiger partial charge in [0.25, 0.3) is 10.1 Å². The Morgan fingerprint density at radius 2 is 2.00 bits per heavy atom. The molecule has 0 saturated carbocycles. The number of carboxylic acids is 1. The first kappa shape index (κ1) is 14.8. The number of hydrogen-bond acceptors (Lipinski definition) is 5. The summed E-state index contributed by atoms with van der Waals surface area (Å²) in [7, 11) is -4.36. The van der Waals surface area contributed by atoms with Crippen LogP contribution < -0.4 is 40.4 Å². The van der Waals surface area contributed by atoms with E-state index in [0.717, 1.165) is 0 Å². The first-order chi connectivity index (χ1) is 4.88. The number of rotatable bonds is 4. The van der Waals surface area contributed by atoms with Gasteiger partial charge in [0.2, 0.25) is 0 Å². The zero-order valence-electron chi connectivity index (χ0n) is 6.56. The molecule has 0 bridgehead atoms. The molecule has 0 fully saturated rings. The third kappa shape index (κ3) is 5.92. The predicted molar refractivity (Wildman–Crippen MR) is 34.0 cm³/mol. The normalized spacial score (nSPS) is 13.2. The molecule has 12 heavy (non-hydrogen) atoms. The Labute approximate surface area is 92.2 Å². The number of aliphatic carboxylic acids is 1. The molecule has 8 heteroatoms. The van der Waals surface area contributed by atoms with Gasteiger partial charge >= 0.3 is 29.6 Å². The minimum absolute atomic E-state index is 0. The second-order valence-corrected chi connectivity index (χ2v) is 3.65. The standard InChI is InChI=1S/C4H9NO5S.Na/c5-2-3(1-4(6)7)11(8,9)10;/h3H,1-2,5H2,(H,6,7)(H,8,9,10);/q;+1/p-1. The Kier molecular flexibility index (Phi) is 7.29. The van der Waals surface area contributed by atoms with Crippen LogP contribution in [0.4, 0.5) is 0 Å². The van der Waals surface area contributed by atoms with Crippen molar-refractivity contribution in [3.05, 3.63) is 0 Å². The van der Waals surface area contributed by atoms with Gasteiger partial charge in [-0.2, -0.15) is 8.42 Å². The second kappa shape index (κ2) is 5.90. The molecule has 0 saturated heterocycles. The van der Waals surface area contributed by atoms with Crippen LogP contribution in [0.2, 0.25) is 0 Å². The minimum Gasteiger partial charge on any atom is -0.550 e. The number of hydrogen-bond donors (Lipinski definition) is 2. The zero-order valence-corrected chi connectivity index (χ0v) is 9.37. The van der Waals surface area contributed by atoms with Crippen molar-refractivity contribution in [2.24, 2.45) is 5.73 Å². The summed E-state index contributed by atoms with van der Waals surface area (Å²) in [6.07, 6.45) is -0.782. The van der Waals surface area contributed by atoms with Crippen molar-refractivity contribution in [2.45, 2.75) is 11.7 Å². The van der Waals surface area contributed by atoms with Crippen molar-refractivity contribution >= 4 is 16.1 Å². The van der Waals surface area contributed by atoms with Crippen LogP contribution in [0, 0.1) is 0 Å². The average Bonchev–Trinajstić information content (AvgIpc) is 1.79. The van der Waals surface area contributed by atoms with Gasteiger partial charge in [-0.1, -0.05) is 0 Å². The van der Waals surface area contributed by atoms with Crippen LogP contribution in [-0.2, 0) is 14.9 Å². The number of carboxylic acid groups (broad SMARTS) is 1. The van der Waals surface area contributed by atoms with E-state index >= 15 is 0 Å². The fraction of sp³-hybridized carbons (Fsp3) is 0.750. The second-order valence-electron chi connectivity index (χ2n) is 1.95. The summed E-state index contributed by atoms with van der Waals surface area (Å²) in [6, 6.07) is 0. The van der Waals surface area contributed by atoms with Crippen LogP contribution >= 0.6 is 0 Å². The summed E-state index contributed by atoms with van der Waals surface area (Å²) in [5, 5.41) is 8.41. The van der Waals surface area contributed by atoms with Crippen molar-refractivity contribution in [3.63, 3.8) is 0 Å². The van der Waals surface area contributed by atoms with E-state index in [1.807, 2.05) is 0 Å². The molecule has 1 unspecified atom stereocenters. The fourth-order valence-electron chi connectivity index (χ4n) is 0.496. The molecule has 0 rings (SSSR count). The smallest absolute Gasteiger partial charge is 0.550 e. The molecule has 0 aromatic rings. The van der Waals surface area contributed by atoms with E-state index in [9.17, 15) is 18.3 Å². The van der Waals surface area contributed by atoms with Gasteiger partial charge in [0.15, 0.2) is 0 Å². The molecule has 6 nitrogen and oxygen atoms in total. The topological polar surface area (TPSA) is 121 Å². The van der Waals surface area contributed by atoms with E-state index in [2.05, 4.69) is 0 Å². The Hall–Kier alpha value is 0.340. The van der Waals surface area contributed by atoms with E-state index in [4.69, 9.17) is 10.3 Å². The SMILES string of the molecule is NCC(CC(=O)[O-])S(=O)(=O)O.[Na+]. The zero-order chi connectivity index (χ0) is 9.07. The Bertz CT molecular complexity index is 238. The molecule has 0 aliphatic heterocycles. The van der Waals surface area contributed by atoms with Gasteiger partial charge in [0.05, 0.1) is 0 Å². The van der Waals surface area contributed by atoms with Crippen molar-refractivity contribution in [3.8, 4) is 0 Å². The van der Waals surface area contributed by atoms with Crippen LogP contribution in [-0.4, -0.2) is 30.7 Å². The number of carbonyl (C=O) groups is 1. The molecule has 0 aromatic heterocycles. The maximum Gasteiger partial charge on any atom is 1.00 e. The molecular weight excluding hydrogens is 197 g/mol. The molecule has 0 radical (unpaired) electrons. The summed E-state index contributed by atoms with van der Waals surface area (Å²) in [6.45, 7) is -0.438. The summed E-state index contributed by atoms with van der Waals surface area (Å²) >= 11 is 0. The van der Waals surface area contributed by atoms with Gasteiger partial charge in [0, 0.05) is 18.9 Å². The van der Waals surface area contributed by atoms with E-state index in [1.54, 1.807) is 0 Å². The van der Waals surface area contributed by atoms with Crippen LogP contribution in [0.5, 0.6) is 0 Å². The molecule has 66 valence electrons. The molecule has 0 heterocycles. The maximum atomic E-state index is 10.3. The van der Waals surface area contributed by atoms with Crippen LogP contribution in [0.3, 0.4) is 0 Å². The van der Waals surface area contributed by atoms with Gasteiger partial charge in [0.1, 0.15) is 5.25 Å². The van der Waals surface area contributed by atoms with E-state index in [-0.39, 0.29) is 29.6 Å². The average molecular weight is 205 g/mol. The maximum absolute atomic E-state index is 10.3. The van der Waals surface area contributed by atoms with Crippen LogP contribution in [0.1, 0.15) is 6.42 Å². The Morgan fingerprint density at radius 3 is 2.08 bits per heavy atom. The van der Waals surface area contributed by atoms with Gasteiger partial charge in [-0.15, -0.1) is 0 Å². The van der Waals surface area contributed by atoms with E-state index in [0.29, 0.717) is 0 Å². The fourth-order valence-corrected chi connectivity index (χ4v) is 1.09. The molecule has 1 atom stereocenters. The van der Waals surface area contributed by atoms with Gasteiger partial charge in [-0.05, 0) is 0 Å². The largest absolute Gasteiger partial charge is 1.00 e. The monoisotopic (exact) mass is 205 g/mol. The number of nitrogens with two attached hydrogens (primary N) is 1. The molecule has 0 spiro atoms. The molecular formula is C4H8NNaO5S. The molecule has 0 amide bonds. The van der Waals surface area contributed by atoms with Gasteiger partial charge < -0.3 is 15.6 Å². The summed E-state index contributed by atoms with van der Waals surface area (Å²) in [5.74, 6) is -1.56. The van der Waals surface area contributed by atoms with Crippen LogP contribution in [0.25, 0.3) is 0 Å². The predicted octanol–water partition coefficient (Wildman–Crippen LogP) is -5.65. The third-order valence-electron chi connectivity index (χ3n) is 1.08.